The molecule has 0 aromatic heterocycles. The highest BCUT2D eigenvalue weighted by Gasteiger charge is 2.35. The molecule has 0 amide bonds. The number of hydrogen-bond acceptors (Lipinski definition) is 3. The molecule has 17 heavy (non-hydrogen) atoms. The van der Waals surface area contributed by atoms with Crippen LogP contribution >= 0.6 is 0 Å². The zero-order valence-corrected chi connectivity index (χ0v) is 10.1. The van der Waals surface area contributed by atoms with Crippen molar-refractivity contribution in [2.75, 3.05) is 7.11 Å². The lowest BCUT2D eigenvalue weighted by atomic mass is 9.77. The number of rotatable bonds is 3. The second kappa shape index (κ2) is 5.15. The average Bonchev–Trinajstić information content (AvgIpc) is 2.40. The quantitative estimate of drug-likeness (QED) is 0.592. The van der Waals surface area contributed by atoms with Gasteiger partial charge in [-0.15, -0.1) is 0 Å². The molecule has 0 radical (unpaired) electrons. The van der Waals surface area contributed by atoms with Crippen LogP contribution in [0.3, 0.4) is 0 Å². The Kier molecular flexibility index (Phi) is 3.60. The van der Waals surface area contributed by atoms with E-state index < -0.39 is 5.54 Å². The van der Waals surface area contributed by atoms with Crippen molar-refractivity contribution in [1.82, 2.24) is 0 Å². The molecule has 0 heterocycles. The van der Waals surface area contributed by atoms with E-state index >= 15 is 0 Å². The van der Waals surface area contributed by atoms with Gasteiger partial charge in [0.05, 0.1) is 7.11 Å². The van der Waals surface area contributed by atoms with Gasteiger partial charge in [0, 0.05) is 5.56 Å². The number of benzene rings is 1. The summed E-state index contributed by atoms with van der Waals surface area (Å²) < 4.78 is 5.38. The fraction of sp³-hybridized carbons (Fsp3) is 0.500. The minimum atomic E-state index is -0.410. The molecule has 90 valence electrons. The topological polar surface area (TPSA) is 38.7 Å². The second-order valence-electron chi connectivity index (χ2n) is 4.50. The Balaban J connectivity index is 2.48. The summed E-state index contributed by atoms with van der Waals surface area (Å²) in [5.74, 6) is 0.813. The first kappa shape index (κ1) is 11.9. The molecule has 1 aromatic rings. The average molecular weight is 231 g/mol. The zero-order valence-electron chi connectivity index (χ0n) is 10.1. The molecule has 0 unspecified atom stereocenters. The van der Waals surface area contributed by atoms with E-state index in [2.05, 4.69) is 4.99 Å². The second-order valence-corrected chi connectivity index (χ2v) is 4.50. The van der Waals surface area contributed by atoms with E-state index in [1.807, 2.05) is 24.3 Å². The Labute approximate surface area is 102 Å². The number of isocyanates is 1. The van der Waals surface area contributed by atoms with E-state index in [4.69, 9.17) is 4.74 Å². The maximum Gasteiger partial charge on any atom is 0.235 e. The standard InChI is InChI=1S/C14H17NO2/c1-17-13-8-4-3-7-12(13)14(15-11-16)9-5-2-6-10-14/h3-4,7-8H,2,5-6,9-10H2,1H3. The lowest BCUT2D eigenvalue weighted by Crippen LogP contribution is -2.27. The van der Waals surface area contributed by atoms with Crippen LogP contribution in [0, 0.1) is 0 Å². The lowest BCUT2D eigenvalue weighted by molar-refractivity contribution is 0.290. The maximum absolute atomic E-state index is 10.7. The Morgan fingerprint density at radius 3 is 2.59 bits per heavy atom. The van der Waals surface area contributed by atoms with Gasteiger partial charge in [0.2, 0.25) is 6.08 Å². The van der Waals surface area contributed by atoms with Crippen molar-refractivity contribution in [1.29, 1.82) is 0 Å². The van der Waals surface area contributed by atoms with E-state index in [-0.39, 0.29) is 0 Å². The number of aliphatic imine (C=N–C) groups is 1. The summed E-state index contributed by atoms with van der Waals surface area (Å²) in [4.78, 5) is 14.8. The molecule has 1 aliphatic rings. The molecule has 0 N–H and O–H groups in total. The van der Waals surface area contributed by atoms with Crippen molar-refractivity contribution in [2.45, 2.75) is 37.6 Å². The van der Waals surface area contributed by atoms with Crippen molar-refractivity contribution in [3.8, 4) is 5.75 Å². The third kappa shape index (κ3) is 2.25. The molecule has 3 nitrogen and oxygen atoms in total. The molecule has 0 aliphatic heterocycles. The summed E-state index contributed by atoms with van der Waals surface area (Å²) >= 11 is 0. The van der Waals surface area contributed by atoms with Crippen molar-refractivity contribution >= 4 is 6.08 Å². The van der Waals surface area contributed by atoms with Crippen LogP contribution in [0.15, 0.2) is 29.3 Å². The van der Waals surface area contributed by atoms with Crippen LogP contribution in [-0.4, -0.2) is 13.2 Å². The monoisotopic (exact) mass is 231 g/mol. The number of para-hydroxylation sites is 1. The lowest BCUT2D eigenvalue weighted by Gasteiger charge is -2.33. The van der Waals surface area contributed by atoms with Crippen molar-refractivity contribution in [3.63, 3.8) is 0 Å². The Bertz CT molecular complexity index is 430. The van der Waals surface area contributed by atoms with Gasteiger partial charge in [-0.3, -0.25) is 0 Å². The van der Waals surface area contributed by atoms with Crippen molar-refractivity contribution < 1.29 is 9.53 Å². The first-order valence-corrected chi connectivity index (χ1v) is 6.05. The van der Waals surface area contributed by atoms with E-state index in [9.17, 15) is 4.79 Å². The summed E-state index contributed by atoms with van der Waals surface area (Å²) in [6.45, 7) is 0. The number of hydrogen-bond donors (Lipinski definition) is 0. The summed E-state index contributed by atoms with van der Waals surface area (Å²) in [5.41, 5.74) is 0.609. The molecule has 1 saturated carbocycles. The molecule has 3 heteroatoms. The van der Waals surface area contributed by atoms with Gasteiger partial charge < -0.3 is 4.74 Å². The predicted molar refractivity (Wildman–Crippen MR) is 65.9 cm³/mol. The third-order valence-corrected chi connectivity index (χ3v) is 3.55. The van der Waals surface area contributed by atoms with Crippen LogP contribution in [0.1, 0.15) is 37.7 Å². The fourth-order valence-electron chi connectivity index (χ4n) is 2.69. The van der Waals surface area contributed by atoms with Crippen LogP contribution in [0.4, 0.5) is 0 Å². The number of ether oxygens (including phenoxy) is 1. The van der Waals surface area contributed by atoms with Crippen molar-refractivity contribution in [2.24, 2.45) is 4.99 Å². The summed E-state index contributed by atoms with van der Waals surface area (Å²) in [6, 6.07) is 7.83. The minimum absolute atomic E-state index is 0.410. The summed E-state index contributed by atoms with van der Waals surface area (Å²) in [6.07, 6.45) is 6.97. The van der Waals surface area contributed by atoms with Crippen LogP contribution in [0.5, 0.6) is 5.75 Å². The van der Waals surface area contributed by atoms with Crippen LogP contribution in [0.2, 0.25) is 0 Å². The number of methoxy groups -OCH3 is 1. The maximum atomic E-state index is 10.7. The van der Waals surface area contributed by atoms with E-state index in [0.717, 1.165) is 37.0 Å². The summed E-state index contributed by atoms with van der Waals surface area (Å²) in [5, 5.41) is 0. The molecule has 1 aromatic carbocycles. The number of nitrogens with zero attached hydrogens (tertiary/aromatic N) is 1. The first-order valence-electron chi connectivity index (χ1n) is 6.05. The van der Waals surface area contributed by atoms with Gasteiger partial charge >= 0.3 is 0 Å². The molecule has 0 spiro atoms. The largest absolute Gasteiger partial charge is 0.496 e. The van der Waals surface area contributed by atoms with Crippen LogP contribution < -0.4 is 4.74 Å². The fourth-order valence-corrected chi connectivity index (χ4v) is 2.69. The van der Waals surface area contributed by atoms with Crippen LogP contribution in [-0.2, 0) is 10.3 Å². The Morgan fingerprint density at radius 2 is 1.94 bits per heavy atom. The van der Waals surface area contributed by atoms with Gasteiger partial charge in [-0.25, -0.2) is 4.79 Å². The van der Waals surface area contributed by atoms with E-state index in [1.54, 1.807) is 13.2 Å². The van der Waals surface area contributed by atoms with E-state index in [1.165, 1.54) is 6.42 Å². The zero-order chi connectivity index (χ0) is 12.1. The van der Waals surface area contributed by atoms with Gasteiger partial charge in [-0.2, -0.15) is 4.99 Å². The predicted octanol–water partition coefficient (Wildman–Crippen LogP) is 3.19. The molecular formula is C14H17NO2. The molecule has 2 rings (SSSR count). The highest BCUT2D eigenvalue weighted by Crippen LogP contribution is 2.43. The smallest absolute Gasteiger partial charge is 0.235 e. The highest BCUT2D eigenvalue weighted by molar-refractivity contribution is 5.44. The molecule has 1 aliphatic carbocycles. The molecule has 0 atom stereocenters. The van der Waals surface area contributed by atoms with Gasteiger partial charge in [0.15, 0.2) is 0 Å². The van der Waals surface area contributed by atoms with Gasteiger partial charge in [-0.05, 0) is 18.9 Å². The number of carbonyl (C=O) groups excluding carboxylic acids is 1. The van der Waals surface area contributed by atoms with Crippen molar-refractivity contribution in [3.05, 3.63) is 29.8 Å². The molecule has 0 saturated heterocycles. The highest BCUT2D eigenvalue weighted by atomic mass is 16.5. The first-order chi connectivity index (χ1) is 8.32. The van der Waals surface area contributed by atoms with Gasteiger partial charge in [-0.1, -0.05) is 37.5 Å². The third-order valence-electron chi connectivity index (χ3n) is 3.55. The minimum Gasteiger partial charge on any atom is -0.496 e. The molecule has 1 fully saturated rings. The molecule has 0 bridgehead atoms. The Hall–Kier alpha value is -1.60. The Morgan fingerprint density at radius 1 is 1.24 bits per heavy atom. The summed E-state index contributed by atoms with van der Waals surface area (Å²) in [7, 11) is 1.65. The normalized spacial score (nSPS) is 18.2. The van der Waals surface area contributed by atoms with E-state index in [0.29, 0.717) is 0 Å². The van der Waals surface area contributed by atoms with Gasteiger partial charge in [0.25, 0.3) is 0 Å². The molecular weight excluding hydrogens is 214 g/mol. The van der Waals surface area contributed by atoms with Crippen LogP contribution in [0.25, 0.3) is 0 Å². The SMILES string of the molecule is COc1ccccc1C1(N=C=O)CCCCC1. The van der Waals surface area contributed by atoms with Gasteiger partial charge in [0.1, 0.15) is 11.3 Å².